The van der Waals surface area contributed by atoms with Crippen molar-refractivity contribution < 1.29 is 13.9 Å². The molecule has 0 spiro atoms. The maximum absolute atomic E-state index is 6.27. The Morgan fingerprint density at radius 3 is 2.34 bits per heavy atom. The lowest BCUT2D eigenvalue weighted by Gasteiger charge is -2.21. The van der Waals surface area contributed by atoms with Crippen LogP contribution in [0.2, 0.25) is 0 Å². The smallest absolute Gasteiger partial charge is 0.146 e. The molecule has 1 atom stereocenters. The van der Waals surface area contributed by atoms with Gasteiger partial charge in [-0.05, 0) is 88.5 Å². The fraction of sp³-hybridized carbons (Fsp3) is 0.462. The normalized spacial score (nSPS) is 12.6. The number of likely N-dealkylation sites (N-methyl/N-ethyl adjacent to an activating group) is 1. The van der Waals surface area contributed by atoms with Gasteiger partial charge in [0.1, 0.15) is 29.8 Å². The van der Waals surface area contributed by atoms with Crippen molar-refractivity contribution in [3.63, 3.8) is 0 Å². The minimum atomic E-state index is -0.183. The highest BCUT2D eigenvalue weighted by Gasteiger charge is 2.25. The highest BCUT2D eigenvalue weighted by Crippen LogP contribution is 2.39. The van der Waals surface area contributed by atoms with E-state index in [0.717, 1.165) is 79.6 Å². The molecule has 0 aliphatic heterocycles. The minimum absolute atomic E-state index is 0.183. The van der Waals surface area contributed by atoms with Crippen LogP contribution in [0.5, 0.6) is 5.75 Å². The third kappa shape index (κ3) is 5.98. The molecule has 174 valence electrons. The highest BCUT2D eigenvalue weighted by molar-refractivity contribution is 14.1. The van der Waals surface area contributed by atoms with E-state index in [1.807, 2.05) is 12.1 Å². The van der Waals surface area contributed by atoms with Crippen molar-refractivity contribution in [1.29, 1.82) is 0 Å². The number of ether oxygens (including phenoxy) is 2. The molecule has 4 nitrogen and oxygen atoms in total. The summed E-state index contributed by atoms with van der Waals surface area (Å²) < 4.78 is 20.8. The zero-order valence-corrected chi connectivity index (χ0v) is 23.7. The molecule has 0 aliphatic rings. The quantitative estimate of drug-likeness (QED) is 0.189. The number of benzene rings is 2. The molecule has 2 aromatic carbocycles. The molecule has 0 N–H and O–H groups in total. The molecule has 1 aromatic heterocycles. The molecule has 0 saturated heterocycles. The van der Waals surface area contributed by atoms with Gasteiger partial charge in [-0.25, -0.2) is 0 Å². The van der Waals surface area contributed by atoms with E-state index in [2.05, 4.69) is 95.1 Å². The van der Waals surface area contributed by atoms with Crippen LogP contribution in [0, 0.1) is 7.14 Å². The highest BCUT2D eigenvalue weighted by atomic mass is 127. The minimum Gasteiger partial charge on any atom is -0.490 e. The Morgan fingerprint density at radius 2 is 1.72 bits per heavy atom. The summed E-state index contributed by atoms with van der Waals surface area (Å²) in [5.74, 6) is 1.99. The standard InChI is InChI=1S/C26H33I2NO3/c1-5-8-12-23-24(19-11-9-10-13-22(19)32-23)25(30-4)18-16-20(27)26(21(28)17-18)31-15-14-29(6-2)7-3/h9-11,13,16-17,25H,5-8,12,14-15H2,1-4H3. The second-order valence-corrected chi connectivity index (χ2v) is 10.2. The lowest BCUT2D eigenvalue weighted by Crippen LogP contribution is -2.28. The SMILES string of the molecule is CCCCc1oc2ccccc2c1C(OC)c1cc(I)c(OCCN(CC)CC)c(I)c1. The number of hydrogen-bond acceptors (Lipinski definition) is 4. The van der Waals surface area contributed by atoms with Gasteiger partial charge in [0.25, 0.3) is 0 Å². The molecule has 0 radical (unpaired) electrons. The van der Waals surface area contributed by atoms with E-state index in [9.17, 15) is 0 Å². The molecule has 0 saturated carbocycles. The van der Waals surface area contributed by atoms with Gasteiger partial charge in [-0.15, -0.1) is 0 Å². The van der Waals surface area contributed by atoms with Gasteiger partial charge in [0.2, 0.25) is 0 Å². The number of rotatable bonds is 12. The predicted octanol–water partition coefficient (Wildman–Crippen LogP) is 7.44. The van der Waals surface area contributed by atoms with Gasteiger partial charge in [0.05, 0.1) is 7.14 Å². The molecule has 0 amide bonds. The number of furan rings is 1. The Bertz CT molecular complexity index is 990. The lowest BCUT2D eigenvalue weighted by atomic mass is 9.96. The van der Waals surface area contributed by atoms with Crippen molar-refractivity contribution in [3.05, 3.63) is 60.4 Å². The van der Waals surface area contributed by atoms with Crippen LogP contribution in [0.4, 0.5) is 0 Å². The molecule has 32 heavy (non-hydrogen) atoms. The Labute approximate surface area is 219 Å². The molecule has 1 unspecified atom stereocenters. The summed E-state index contributed by atoms with van der Waals surface area (Å²) in [5.41, 5.74) is 3.21. The van der Waals surface area contributed by atoms with Crippen LogP contribution in [0.1, 0.15) is 56.6 Å². The van der Waals surface area contributed by atoms with E-state index in [4.69, 9.17) is 13.9 Å². The Kier molecular flexibility index (Phi) is 10.1. The second kappa shape index (κ2) is 12.6. The Morgan fingerprint density at radius 1 is 1.03 bits per heavy atom. The number of unbranched alkanes of at least 4 members (excludes halogenated alkanes) is 1. The number of hydrogen-bond donors (Lipinski definition) is 0. The van der Waals surface area contributed by atoms with Gasteiger partial charge in [0, 0.05) is 31.0 Å². The average Bonchev–Trinajstić information content (AvgIpc) is 3.15. The molecule has 0 fully saturated rings. The fourth-order valence-electron chi connectivity index (χ4n) is 4.03. The van der Waals surface area contributed by atoms with E-state index in [0.29, 0.717) is 6.61 Å². The average molecular weight is 661 g/mol. The first-order valence-corrected chi connectivity index (χ1v) is 13.6. The molecule has 0 bridgehead atoms. The maximum Gasteiger partial charge on any atom is 0.146 e. The first-order chi connectivity index (χ1) is 15.5. The van der Waals surface area contributed by atoms with Crippen molar-refractivity contribution in [2.24, 2.45) is 0 Å². The van der Waals surface area contributed by atoms with Crippen LogP contribution >= 0.6 is 45.2 Å². The molecule has 0 aliphatic carbocycles. The van der Waals surface area contributed by atoms with Crippen molar-refractivity contribution >= 4 is 56.2 Å². The molecule has 1 heterocycles. The third-order valence-corrected chi connectivity index (χ3v) is 7.44. The van der Waals surface area contributed by atoms with Crippen LogP contribution in [-0.4, -0.2) is 38.3 Å². The lowest BCUT2D eigenvalue weighted by molar-refractivity contribution is 0.135. The topological polar surface area (TPSA) is 34.8 Å². The summed E-state index contributed by atoms with van der Waals surface area (Å²) in [6.07, 6.45) is 2.96. The van der Waals surface area contributed by atoms with E-state index < -0.39 is 0 Å². The molecule has 3 aromatic rings. The zero-order valence-electron chi connectivity index (χ0n) is 19.4. The molecule has 6 heteroatoms. The first-order valence-electron chi connectivity index (χ1n) is 11.4. The zero-order chi connectivity index (χ0) is 23.1. The van der Waals surface area contributed by atoms with Gasteiger partial charge >= 0.3 is 0 Å². The summed E-state index contributed by atoms with van der Waals surface area (Å²) in [7, 11) is 1.78. The Hall–Kier alpha value is -0.840. The van der Waals surface area contributed by atoms with E-state index in [1.54, 1.807) is 7.11 Å². The third-order valence-electron chi connectivity index (χ3n) is 5.84. The summed E-state index contributed by atoms with van der Waals surface area (Å²) in [4.78, 5) is 2.37. The first kappa shape index (κ1) is 25.8. The second-order valence-electron chi connectivity index (χ2n) is 7.84. The fourth-order valence-corrected chi connectivity index (χ4v) is 6.16. The maximum atomic E-state index is 6.27. The van der Waals surface area contributed by atoms with E-state index >= 15 is 0 Å². The van der Waals surface area contributed by atoms with Gasteiger partial charge in [0.15, 0.2) is 0 Å². The van der Waals surface area contributed by atoms with Crippen LogP contribution in [0.15, 0.2) is 40.8 Å². The van der Waals surface area contributed by atoms with Crippen molar-refractivity contribution in [1.82, 2.24) is 4.90 Å². The Balaban J connectivity index is 1.93. The van der Waals surface area contributed by atoms with Crippen molar-refractivity contribution in [3.8, 4) is 5.75 Å². The summed E-state index contributed by atoms with van der Waals surface area (Å²) >= 11 is 4.76. The molecular formula is C26H33I2NO3. The summed E-state index contributed by atoms with van der Waals surface area (Å²) in [5, 5.41) is 1.13. The number of methoxy groups -OCH3 is 1. The van der Waals surface area contributed by atoms with E-state index in [-0.39, 0.29) is 6.10 Å². The van der Waals surface area contributed by atoms with Crippen LogP contribution in [0.3, 0.4) is 0 Å². The predicted molar refractivity (Wildman–Crippen MR) is 149 cm³/mol. The molecular weight excluding hydrogens is 628 g/mol. The number of halogens is 2. The number of nitrogens with zero attached hydrogens (tertiary/aromatic N) is 1. The largest absolute Gasteiger partial charge is 0.490 e. The van der Waals surface area contributed by atoms with Crippen LogP contribution in [0.25, 0.3) is 11.0 Å². The van der Waals surface area contributed by atoms with Crippen molar-refractivity contribution in [2.75, 3.05) is 33.4 Å². The van der Waals surface area contributed by atoms with Crippen LogP contribution < -0.4 is 4.74 Å². The molecule has 3 rings (SSSR count). The van der Waals surface area contributed by atoms with Gasteiger partial charge < -0.3 is 18.8 Å². The van der Waals surface area contributed by atoms with Gasteiger partial charge in [-0.3, -0.25) is 0 Å². The van der Waals surface area contributed by atoms with Gasteiger partial charge in [-0.1, -0.05) is 45.4 Å². The van der Waals surface area contributed by atoms with Crippen LogP contribution in [-0.2, 0) is 11.2 Å². The summed E-state index contributed by atoms with van der Waals surface area (Å²) in [6.45, 7) is 10.3. The van der Waals surface area contributed by atoms with Gasteiger partial charge in [-0.2, -0.15) is 0 Å². The monoisotopic (exact) mass is 661 g/mol. The number of para-hydroxylation sites is 1. The van der Waals surface area contributed by atoms with Crippen molar-refractivity contribution in [2.45, 2.75) is 46.1 Å². The number of fused-ring (bicyclic) bond motifs is 1. The summed E-state index contributed by atoms with van der Waals surface area (Å²) in [6, 6.07) is 12.6. The number of aryl methyl sites for hydroxylation is 1. The van der Waals surface area contributed by atoms with E-state index in [1.165, 1.54) is 0 Å².